The molecule has 1 aliphatic heterocycles. The molecule has 3 aromatic heterocycles. The number of hydrogen-bond acceptors (Lipinski definition) is 6. The van der Waals surface area contributed by atoms with Crippen molar-refractivity contribution in [2.75, 3.05) is 32.7 Å². The number of piperazine rings is 1. The lowest BCUT2D eigenvalue weighted by Gasteiger charge is -2.48. The lowest BCUT2D eigenvalue weighted by molar-refractivity contribution is -0.898. The molecule has 0 amide bonds. The molecule has 0 aliphatic carbocycles. The fraction of sp³-hybridized carbons (Fsp3) is 0.429. The molecule has 0 unspecified atom stereocenters. The molecule has 1 aromatic carbocycles. The van der Waals surface area contributed by atoms with Gasteiger partial charge in [-0.25, -0.2) is 23.7 Å². The fourth-order valence-corrected chi connectivity index (χ4v) is 5.24. The van der Waals surface area contributed by atoms with Gasteiger partial charge in [0.05, 0.1) is 31.2 Å². The van der Waals surface area contributed by atoms with Crippen LogP contribution in [0.2, 0.25) is 0 Å². The van der Waals surface area contributed by atoms with Crippen molar-refractivity contribution >= 4 is 11.0 Å². The molecule has 0 atom stereocenters. The Labute approximate surface area is 221 Å². The van der Waals surface area contributed by atoms with Crippen molar-refractivity contribution in [1.29, 1.82) is 0 Å². The van der Waals surface area contributed by atoms with Gasteiger partial charge in [-0.1, -0.05) is 13.0 Å². The Morgan fingerprint density at radius 1 is 1.03 bits per heavy atom. The topological polar surface area (TPSA) is 82.8 Å². The Morgan fingerprint density at radius 3 is 2.45 bits per heavy atom. The summed E-state index contributed by atoms with van der Waals surface area (Å²) < 4.78 is 31.5. The van der Waals surface area contributed by atoms with Crippen LogP contribution in [-0.4, -0.2) is 66.8 Å². The molecule has 0 N–H and O–H groups in total. The summed E-state index contributed by atoms with van der Waals surface area (Å²) in [5, 5.41) is 13.1. The van der Waals surface area contributed by atoms with Crippen molar-refractivity contribution in [2.24, 2.45) is 0 Å². The summed E-state index contributed by atoms with van der Waals surface area (Å²) in [7, 11) is 0. The third kappa shape index (κ3) is 5.29. The SMILES string of the molecule is CCN1CC[N+]([O-])(Cc2ccc(Cc3ncc(F)c(-c4cc(F)c5nc(C)n(C(C)C)c5c4)n3)nc2)CC1. The number of aryl methyl sites for hydroxylation is 1. The van der Waals surface area contributed by atoms with E-state index in [0.717, 1.165) is 31.4 Å². The molecule has 10 heteroatoms. The normalized spacial score (nSPS) is 16.0. The standard InChI is InChI=1S/C28H33F2N7O/c1-5-35-8-10-37(38,11-9-35)17-20-6-7-22(31-15-20)14-26-32-16-24(30)27(34-26)21-12-23(29)28-25(13-21)36(18(2)3)19(4)33-28/h6-7,12-13,15-16,18H,5,8-11,14,17H2,1-4H3. The first-order chi connectivity index (χ1) is 18.2. The Morgan fingerprint density at radius 2 is 1.79 bits per heavy atom. The summed E-state index contributed by atoms with van der Waals surface area (Å²) in [5.41, 5.74) is 2.80. The number of hydrogen-bond donors (Lipinski definition) is 0. The van der Waals surface area contributed by atoms with Crippen LogP contribution < -0.4 is 0 Å². The van der Waals surface area contributed by atoms with Gasteiger partial charge >= 0.3 is 0 Å². The van der Waals surface area contributed by atoms with E-state index in [4.69, 9.17) is 0 Å². The fourth-order valence-electron chi connectivity index (χ4n) is 5.24. The van der Waals surface area contributed by atoms with Crippen molar-refractivity contribution in [2.45, 2.75) is 46.7 Å². The van der Waals surface area contributed by atoms with Crippen LogP contribution in [0.3, 0.4) is 0 Å². The number of nitrogens with zero attached hydrogens (tertiary/aromatic N) is 7. The highest BCUT2D eigenvalue weighted by atomic mass is 19.1. The first-order valence-corrected chi connectivity index (χ1v) is 13.1. The van der Waals surface area contributed by atoms with Gasteiger partial charge in [0, 0.05) is 42.1 Å². The van der Waals surface area contributed by atoms with Crippen LogP contribution in [0, 0.1) is 23.8 Å². The number of benzene rings is 1. The lowest BCUT2D eigenvalue weighted by Crippen LogP contribution is -2.55. The molecule has 4 heterocycles. The summed E-state index contributed by atoms with van der Waals surface area (Å²) >= 11 is 0. The van der Waals surface area contributed by atoms with Gasteiger partial charge < -0.3 is 14.4 Å². The predicted octanol–water partition coefficient (Wildman–Crippen LogP) is 4.80. The number of likely N-dealkylation sites (N-methyl/N-ethyl adjacent to an activating group) is 1. The monoisotopic (exact) mass is 521 g/mol. The van der Waals surface area contributed by atoms with Gasteiger partial charge in [0.1, 0.15) is 29.4 Å². The molecule has 0 bridgehead atoms. The third-order valence-electron chi connectivity index (χ3n) is 7.30. The van der Waals surface area contributed by atoms with E-state index in [1.165, 1.54) is 6.07 Å². The van der Waals surface area contributed by atoms with E-state index in [0.29, 0.717) is 48.1 Å². The largest absolute Gasteiger partial charge is 0.632 e. The smallest absolute Gasteiger partial charge is 0.167 e. The highest BCUT2D eigenvalue weighted by molar-refractivity contribution is 5.82. The van der Waals surface area contributed by atoms with E-state index in [1.54, 1.807) is 12.3 Å². The Hall–Kier alpha value is -3.34. The van der Waals surface area contributed by atoms with E-state index >= 15 is 0 Å². The van der Waals surface area contributed by atoms with Crippen molar-refractivity contribution in [1.82, 2.24) is 29.4 Å². The zero-order valence-corrected chi connectivity index (χ0v) is 22.3. The lowest BCUT2D eigenvalue weighted by atomic mass is 10.1. The zero-order chi connectivity index (χ0) is 27.0. The number of hydroxylamine groups is 3. The zero-order valence-electron chi connectivity index (χ0n) is 22.3. The number of fused-ring (bicyclic) bond motifs is 1. The molecular formula is C28H33F2N7O. The molecule has 1 saturated heterocycles. The first-order valence-electron chi connectivity index (χ1n) is 13.1. The first kappa shape index (κ1) is 26.3. The van der Waals surface area contributed by atoms with Crippen LogP contribution >= 0.6 is 0 Å². The molecule has 8 nitrogen and oxygen atoms in total. The molecule has 0 radical (unpaired) electrons. The molecule has 0 spiro atoms. The molecule has 0 saturated carbocycles. The minimum absolute atomic E-state index is 0.0330. The second kappa shape index (κ2) is 10.4. The van der Waals surface area contributed by atoms with Gasteiger partial charge in [0.25, 0.3) is 0 Å². The maximum Gasteiger partial charge on any atom is 0.167 e. The van der Waals surface area contributed by atoms with Gasteiger partial charge in [-0.3, -0.25) is 9.88 Å². The number of imidazole rings is 1. The average molecular weight is 522 g/mol. The number of rotatable bonds is 7. The van der Waals surface area contributed by atoms with Gasteiger partial charge in [0.15, 0.2) is 11.6 Å². The molecular weight excluding hydrogens is 488 g/mol. The minimum atomic E-state index is -0.629. The molecule has 38 heavy (non-hydrogen) atoms. The van der Waals surface area contributed by atoms with Crippen LogP contribution in [0.5, 0.6) is 0 Å². The van der Waals surface area contributed by atoms with E-state index in [2.05, 4.69) is 31.8 Å². The molecule has 5 rings (SSSR count). The van der Waals surface area contributed by atoms with Crippen LogP contribution in [0.15, 0.2) is 36.7 Å². The van der Waals surface area contributed by atoms with Crippen LogP contribution in [0.1, 0.15) is 49.7 Å². The summed E-state index contributed by atoms with van der Waals surface area (Å²) in [4.78, 5) is 19.7. The maximum absolute atomic E-state index is 15.0. The summed E-state index contributed by atoms with van der Waals surface area (Å²) in [5.74, 6) is -0.0845. The van der Waals surface area contributed by atoms with Crippen molar-refractivity contribution in [3.63, 3.8) is 0 Å². The number of halogens is 2. The van der Waals surface area contributed by atoms with Gasteiger partial charge in [-0.2, -0.15) is 0 Å². The number of quaternary nitrogens is 1. The van der Waals surface area contributed by atoms with Crippen LogP contribution in [-0.2, 0) is 13.0 Å². The summed E-state index contributed by atoms with van der Waals surface area (Å²) in [6.07, 6.45) is 3.12. The summed E-state index contributed by atoms with van der Waals surface area (Å²) in [6, 6.07) is 6.82. The van der Waals surface area contributed by atoms with E-state index in [-0.39, 0.29) is 28.3 Å². The Kier molecular flexibility index (Phi) is 7.21. The molecule has 4 aromatic rings. The van der Waals surface area contributed by atoms with Crippen LogP contribution in [0.4, 0.5) is 8.78 Å². The second-order valence-corrected chi connectivity index (χ2v) is 10.4. The second-order valence-electron chi connectivity index (χ2n) is 10.4. The number of aromatic nitrogens is 5. The van der Waals surface area contributed by atoms with E-state index in [9.17, 15) is 14.0 Å². The Bertz CT molecular complexity index is 1440. The molecule has 1 fully saturated rings. The minimum Gasteiger partial charge on any atom is -0.632 e. The molecule has 1 aliphatic rings. The third-order valence-corrected chi connectivity index (χ3v) is 7.30. The van der Waals surface area contributed by atoms with E-state index < -0.39 is 11.6 Å². The Balaban J connectivity index is 1.36. The van der Waals surface area contributed by atoms with Gasteiger partial charge in [-0.15, -0.1) is 0 Å². The highest BCUT2D eigenvalue weighted by Gasteiger charge is 2.25. The maximum atomic E-state index is 15.0. The average Bonchev–Trinajstić information content (AvgIpc) is 3.23. The van der Waals surface area contributed by atoms with Crippen molar-refractivity contribution < 1.29 is 13.4 Å². The summed E-state index contributed by atoms with van der Waals surface area (Å²) in [6.45, 7) is 12.1. The quantitative estimate of drug-likeness (QED) is 0.257. The number of pyridine rings is 1. The van der Waals surface area contributed by atoms with E-state index in [1.807, 2.05) is 37.5 Å². The van der Waals surface area contributed by atoms with Crippen molar-refractivity contribution in [3.8, 4) is 11.3 Å². The molecule has 200 valence electrons. The van der Waals surface area contributed by atoms with Gasteiger partial charge in [0.2, 0.25) is 0 Å². The highest BCUT2D eigenvalue weighted by Crippen LogP contribution is 2.30. The van der Waals surface area contributed by atoms with Crippen molar-refractivity contribution in [3.05, 3.63) is 76.4 Å². The van der Waals surface area contributed by atoms with Crippen LogP contribution in [0.25, 0.3) is 22.3 Å². The predicted molar refractivity (Wildman–Crippen MR) is 142 cm³/mol. The van der Waals surface area contributed by atoms with Gasteiger partial charge in [-0.05, 0) is 45.5 Å².